The molecule has 6 nitrogen and oxygen atoms in total. The lowest BCUT2D eigenvalue weighted by molar-refractivity contribution is -0.111. The van der Waals surface area contributed by atoms with Crippen LogP contribution in [0.3, 0.4) is 0 Å². The Balaban J connectivity index is 1.71. The van der Waals surface area contributed by atoms with Crippen LogP contribution in [-0.2, 0) is 11.3 Å². The van der Waals surface area contributed by atoms with Crippen LogP contribution in [0.15, 0.2) is 47.3 Å². The van der Waals surface area contributed by atoms with Gasteiger partial charge in [-0.2, -0.15) is 5.10 Å². The molecule has 0 saturated carbocycles. The van der Waals surface area contributed by atoms with Gasteiger partial charge in [-0.05, 0) is 31.1 Å². The van der Waals surface area contributed by atoms with Crippen molar-refractivity contribution in [3.8, 4) is 11.3 Å². The van der Waals surface area contributed by atoms with Crippen LogP contribution in [0.2, 0.25) is 5.15 Å². The zero-order valence-electron chi connectivity index (χ0n) is 15.4. The van der Waals surface area contributed by atoms with Crippen molar-refractivity contribution in [1.29, 1.82) is 0 Å². The third kappa shape index (κ3) is 4.65. The predicted octanol–water partition coefficient (Wildman–Crippen LogP) is 4.81. The molecule has 0 fully saturated rings. The summed E-state index contributed by atoms with van der Waals surface area (Å²) in [6.07, 6.45) is 6.14. The maximum atomic E-state index is 12.3. The quantitative estimate of drug-likeness (QED) is 0.619. The Kier molecular flexibility index (Phi) is 5.76. The summed E-state index contributed by atoms with van der Waals surface area (Å²) in [5.74, 6) is 0.817. The van der Waals surface area contributed by atoms with Crippen molar-refractivity contribution in [1.82, 2.24) is 14.8 Å². The molecule has 0 aliphatic heterocycles. The Labute approximate surface area is 162 Å². The van der Waals surface area contributed by atoms with Gasteiger partial charge in [0.1, 0.15) is 5.15 Å². The molecule has 7 heteroatoms. The molecule has 0 unspecified atom stereocenters. The number of carbonyl (C=O) groups excluding carboxylic acids is 1. The summed E-state index contributed by atoms with van der Waals surface area (Å²) in [7, 11) is 0. The van der Waals surface area contributed by atoms with Crippen LogP contribution < -0.4 is 5.32 Å². The molecule has 0 radical (unpaired) electrons. The van der Waals surface area contributed by atoms with Crippen molar-refractivity contribution < 1.29 is 9.21 Å². The van der Waals surface area contributed by atoms with E-state index < -0.39 is 0 Å². The number of nitrogens with zero attached hydrogens (tertiary/aromatic N) is 3. The highest BCUT2D eigenvalue weighted by Gasteiger charge is 2.12. The number of benzene rings is 1. The molecule has 3 rings (SSSR count). The Hall–Kier alpha value is -2.86. The van der Waals surface area contributed by atoms with E-state index in [9.17, 15) is 4.79 Å². The fourth-order valence-corrected chi connectivity index (χ4v) is 2.98. The summed E-state index contributed by atoms with van der Waals surface area (Å²) < 4.78 is 7.04. The number of aromatic nitrogens is 3. The Morgan fingerprint density at radius 3 is 2.93 bits per heavy atom. The summed E-state index contributed by atoms with van der Waals surface area (Å²) in [6, 6.07) is 7.36. The van der Waals surface area contributed by atoms with Gasteiger partial charge >= 0.3 is 0 Å². The molecule has 0 aliphatic carbocycles. The molecule has 0 bridgehead atoms. The highest BCUT2D eigenvalue weighted by molar-refractivity contribution is 6.31. The average Bonchev–Trinajstić information content (AvgIpc) is 3.23. The largest absolute Gasteiger partial charge is 0.444 e. The lowest BCUT2D eigenvalue weighted by atomic mass is 10.1. The monoisotopic (exact) mass is 384 g/mol. The number of rotatable bonds is 6. The number of nitrogens with one attached hydrogen (secondary N) is 1. The van der Waals surface area contributed by atoms with E-state index in [0.717, 1.165) is 23.4 Å². The highest BCUT2D eigenvalue weighted by atomic mass is 35.5. The lowest BCUT2D eigenvalue weighted by Gasteiger charge is -2.05. The SMILES string of the molecule is Cc1nn(CC(C)C)c(Cl)c1/C=C/C(=O)Nc1cccc(-c2cnco2)c1. The molecule has 27 heavy (non-hydrogen) atoms. The average molecular weight is 385 g/mol. The third-order valence-electron chi connectivity index (χ3n) is 3.90. The zero-order chi connectivity index (χ0) is 19.4. The minimum absolute atomic E-state index is 0.253. The number of oxazole rings is 1. The second kappa shape index (κ2) is 8.22. The standard InChI is InChI=1S/C20H21ClN4O2/c1-13(2)11-25-20(21)17(14(3)24-25)7-8-19(26)23-16-6-4-5-15(9-16)18-10-22-12-27-18/h4-10,12-13H,11H2,1-3H3,(H,23,26)/b8-7+. The minimum Gasteiger partial charge on any atom is -0.444 e. The molecule has 0 saturated heterocycles. The molecule has 1 amide bonds. The van der Waals surface area contributed by atoms with E-state index in [1.165, 1.54) is 12.5 Å². The summed E-state index contributed by atoms with van der Waals surface area (Å²) in [5, 5.41) is 7.81. The molecule has 2 heterocycles. The molecule has 0 spiro atoms. The molecule has 3 aromatic rings. The number of hydrogen-bond acceptors (Lipinski definition) is 4. The summed E-state index contributed by atoms with van der Waals surface area (Å²) in [4.78, 5) is 16.2. The van der Waals surface area contributed by atoms with Crippen molar-refractivity contribution >= 4 is 29.3 Å². The van der Waals surface area contributed by atoms with Crippen LogP contribution in [0, 0.1) is 12.8 Å². The molecular weight excluding hydrogens is 364 g/mol. The van der Waals surface area contributed by atoms with Gasteiger partial charge in [0.25, 0.3) is 0 Å². The fraction of sp³-hybridized carbons (Fsp3) is 0.250. The van der Waals surface area contributed by atoms with E-state index in [-0.39, 0.29) is 5.91 Å². The van der Waals surface area contributed by atoms with Gasteiger partial charge in [-0.25, -0.2) is 4.98 Å². The molecule has 0 atom stereocenters. The fourth-order valence-electron chi connectivity index (χ4n) is 2.67. The van der Waals surface area contributed by atoms with Crippen molar-refractivity contribution in [3.63, 3.8) is 0 Å². The summed E-state index contributed by atoms with van der Waals surface area (Å²) in [5.41, 5.74) is 3.04. The zero-order valence-corrected chi connectivity index (χ0v) is 16.2. The number of aryl methyl sites for hydroxylation is 1. The van der Waals surface area contributed by atoms with E-state index in [1.807, 2.05) is 31.2 Å². The Bertz CT molecular complexity index is 959. The van der Waals surface area contributed by atoms with Crippen molar-refractivity contribution in [2.24, 2.45) is 5.92 Å². The van der Waals surface area contributed by atoms with Crippen molar-refractivity contribution in [3.05, 3.63) is 59.3 Å². The first-order valence-electron chi connectivity index (χ1n) is 8.65. The number of carbonyl (C=O) groups is 1. The first-order chi connectivity index (χ1) is 12.9. The molecule has 0 aliphatic rings. The van der Waals surface area contributed by atoms with Crippen LogP contribution in [0.5, 0.6) is 0 Å². The second-order valence-electron chi connectivity index (χ2n) is 6.63. The molecule has 1 aromatic carbocycles. The maximum absolute atomic E-state index is 12.3. The number of amides is 1. The molecular formula is C20H21ClN4O2. The number of hydrogen-bond donors (Lipinski definition) is 1. The second-order valence-corrected chi connectivity index (χ2v) is 6.99. The summed E-state index contributed by atoms with van der Waals surface area (Å²) in [6.45, 7) is 6.81. The highest BCUT2D eigenvalue weighted by Crippen LogP contribution is 2.23. The van der Waals surface area contributed by atoms with E-state index in [0.29, 0.717) is 22.5 Å². The van der Waals surface area contributed by atoms with Gasteiger partial charge in [0.2, 0.25) is 5.91 Å². The van der Waals surface area contributed by atoms with E-state index in [4.69, 9.17) is 16.0 Å². The van der Waals surface area contributed by atoms with Gasteiger partial charge in [-0.1, -0.05) is 37.6 Å². The van der Waals surface area contributed by atoms with E-state index in [2.05, 4.69) is 29.2 Å². The van der Waals surface area contributed by atoms with E-state index >= 15 is 0 Å². The normalized spacial score (nSPS) is 11.4. The molecule has 1 N–H and O–H groups in total. The Morgan fingerprint density at radius 1 is 1.41 bits per heavy atom. The third-order valence-corrected chi connectivity index (χ3v) is 4.29. The maximum Gasteiger partial charge on any atom is 0.248 e. The molecule has 140 valence electrons. The van der Waals surface area contributed by atoms with Crippen molar-refractivity contribution in [2.75, 3.05) is 5.32 Å². The van der Waals surface area contributed by atoms with Gasteiger partial charge in [0, 0.05) is 29.4 Å². The van der Waals surface area contributed by atoms with Crippen LogP contribution in [-0.4, -0.2) is 20.7 Å². The first kappa shape index (κ1) is 18.9. The van der Waals surface area contributed by atoms with Crippen LogP contribution >= 0.6 is 11.6 Å². The van der Waals surface area contributed by atoms with Crippen molar-refractivity contribution in [2.45, 2.75) is 27.3 Å². The van der Waals surface area contributed by atoms with E-state index in [1.54, 1.807) is 17.0 Å². The smallest absolute Gasteiger partial charge is 0.248 e. The minimum atomic E-state index is -0.253. The van der Waals surface area contributed by atoms with Crippen LogP contribution in [0.25, 0.3) is 17.4 Å². The van der Waals surface area contributed by atoms with Crippen LogP contribution in [0.4, 0.5) is 5.69 Å². The van der Waals surface area contributed by atoms with Gasteiger partial charge in [0.15, 0.2) is 12.2 Å². The van der Waals surface area contributed by atoms with Gasteiger partial charge < -0.3 is 9.73 Å². The predicted molar refractivity (Wildman–Crippen MR) is 106 cm³/mol. The van der Waals surface area contributed by atoms with Gasteiger partial charge in [0.05, 0.1) is 11.9 Å². The number of halogens is 1. The Morgan fingerprint density at radius 2 is 2.22 bits per heavy atom. The summed E-state index contributed by atoms with van der Waals surface area (Å²) >= 11 is 6.40. The lowest BCUT2D eigenvalue weighted by Crippen LogP contribution is -2.07. The number of anilines is 1. The molecule has 2 aromatic heterocycles. The van der Waals surface area contributed by atoms with Gasteiger partial charge in [-0.15, -0.1) is 0 Å². The first-order valence-corrected chi connectivity index (χ1v) is 9.02. The van der Waals surface area contributed by atoms with Crippen LogP contribution in [0.1, 0.15) is 25.1 Å². The topological polar surface area (TPSA) is 73.0 Å². The van der Waals surface area contributed by atoms with Gasteiger partial charge in [-0.3, -0.25) is 9.48 Å².